The summed E-state index contributed by atoms with van der Waals surface area (Å²) in [7, 11) is 0. The summed E-state index contributed by atoms with van der Waals surface area (Å²) in [5, 5.41) is 13.2. The fraction of sp³-hybridized carbons (Fsp3) is 0.429. The van der Waals surface area contributed by atoms with E-state index >= 15 is 0 Å². The third-order valence-electron chi connectivity index (χ3n) is 5.82. The minimum Gasteiger partial charge on any atom is -0.492 e. The van der Waals surface area contributed by atoms with E-state index in [2.05, 4.69) is 15.3 Å². The van der Waals surface area contributed by atoms with Crippen LogP contribution in [0.5, 0.6) is 5.75 Å². The average molecular weight is 377 g/mol. The summed E-state index contributed by atoms with van der Waals surface area (Å²) in [6, 6.07) is 11.9. The maximum Gasteiger partial charge on any atom is 0.229 e. The molecule has 2 aliphatic rings. The zero-order valence-corrected chi connectivity index (χ0v) is 15.9. The highest BCUT2D eigenvalue weighted by molar-refractivity contribution is 5.80. The highest BCUT2D eigenvalue weighted by Crippen LogP contribution is 2.31. The van der Waals surface area contributed by atoms with Gasteiger partial charge < -0.3 is 9.64 Å². The first-order valence-electron chi connectivity index (χ1n) is 9.87. The van der Waals surface area contributed by atoms with Gasteiger partial charge in [0.15, 0.2) is 11.5 Å². The fourth-order valence-electron chi connectivity index (χ4n) is 4.25. The summed E-state index contributed by atoms with van der Waals surface area (Å²) in [5.41, 5.74) is 2.84. The van der Waals surface area contributed by atoms with Crippen LogP contribution < -0.4 is 4.74 Å². The van der Waals surface area contributed by atoms with Crippen molar-refractivity contribution in [2.24, 2.45) is 5.92 Å². The zero-order chi connectivity index (χ0) is 19.1. The summed E-state index contributed by atoms with van der Waals surface area (Å²) >= 11 is 0. The van der Waals surface area contributed by atoms with Crippen molar-refractivity contribution in [1.29, 1.82) is 0 Å². The molecule has 3 aromatic rings. The molecule has 4 heterocycles. The standard InChI is InChI=1S/C21H23N5O2/c1-14-6-7-19-22-23-20(26(19)24-14)15-8-10-25(11-9-15)21(27)17-12-16-4-2-3-5-18(16)28-13-17/h2-7,15,17H,8-13H2,1H3. The first-order chi connectivity index (χ1) is 13.7. The predicted molar refractivity (Wildman–Crippen MR) is 103 cm³/mol. The number of carbonyl (C=O) groups is 1. The largest absolute Gasteiger partial charge is 0.492 e. The Labute approximate surface area is 163 Å². The number of aryl methyl sites for hydroxylation is 1. The Morgan fingerprint density at radius 1 is 1.11 bits per heavy atom. The monoisotopic (exact) mass is 377 g/mol. The van der Waals surface area contributed by atoms with E-state index in [0.29, 0.717) is 6.61 Å². The molecule has 1 unspecified atom stereocenters. The van der Waals surface area contributed by atoms with E-state index in [1.807, 2.05) is 52.7 Å². The number of para-hydroxylation sites is 1. The van der Waals surface area contributed by atoms with Gasteiger partial charge in [-0.3, -0.25) is 4.79 Å². The average Bonchev–Trinajstić information content (AvgIpc) is 3.16. The molecule has 1 saturated heterocycles. The number of likely N-dealkylation sites (tertiary alicyclic amines) is 1. The molecular weight excluding hydrogens is 354 g/mol. The molecule has 28 heavy (non-hydrogen) atoms. The van der Waals surface area contributed by atoms with Gasteiger partial charge in [0.25, 0.3) is 0 Å². The van der Waals surface area contributed by atoms with E-state index in [1.165, 1.54) is 0 Å². The van der Waals surface area contributed by atoms with Crippen molar-refractivity contribution in [3.8, 4) is 5.75 Å². The number of piperidine rings is 1. The Kier molecular flexibility index (Phi) is 4.22. The van der Waals surface area contributed by atoms with Crippen LogP contribution in [0.3, 0.4) is 0 Å². The third kappa shape index (κ3) is 3.00. The molecule has 0 bridgehead atoms. The molecule has 0 aliphatic carbocycles. The fourth-order valence-corrected chi connectivity index (χ4v) is 4.25. The van der Waals surface area contributed by atoms with Crippen LogP contribution in [-0.2, 0) is 11.2 Å². The molecule has 0 radical (unpaired) electrons. The number of ether oxygens (including phenoxy) is 1. The normalized spacial score (nSPS) is 20.0. The molecule has 5 rings (SSSR count). The number of benzene rings is 1. The van der Waals surface area contributed by atoms with Crippen molar-refractivity contribution in [1.82, 2.24) is 24.7 Å². The summed E-state index contributed by atoms with van der Waals surface area (Å²) in [5.74, 6) is 2.20. The highest BCUT2D eigenvalue weighted by Gasteiger charge is 2.33. The second-order valence-electron chi connectivity index (χ2n) is 7.72. The second-order valence-corrected chi connectivity index (χ2v) is 7.72. The summed E-state index contributed by atoms with van der Waals surface area (Å²) in [4.78, 5) is 15.0. The molecule has 7 heteroatoms. The zero-order valence-electron chi connectivity index (χ0n) is 15.9. The molecule has 0 spiro atoms. The van der Waals surface area contributed by atoms with Crippen molar-refractivity contribution >= 4 is 11.6 Å². The van der Waals surface area contributed by atoms with Crippen LogP contribution in [-0.4, -0.2) is 50.3 Å². The van der Waals surface area contributed by atoms with Crippen LogP contribution in [0.2, 0.25) is 0 Å². The predicted octanol–water partition coefficient (Wildman–Crippen LogP) is 2.39. The summed E-state index contributed by atoms with van der Waals surface area (Å²) in [6.07, 6.45) is 2.52. The number of amides is 1. The smallest absolute Gasteiger partial charge is 0.229 e. The van der Waals surface area contributed by atoms with Crippen molar-refractivity contribution in [3.63, 3.8) is 0 Å². The minimum absolute atomic E-state index is 0.0929. The van der Waals surface area contributed by atoms with Crippen LogP contribution in [0.25, 0.3) is 5.65 Å². The van der Waals surface area contributed by atoms with Crippen LogP contribution in [0.15, 0.2) is 36.4 Å². The van der Waals surface area contributed by atoms with Gasteiger partial charge in [-0.25, -0.2) is 0 Å². The Bertz CT molecular complexity index is 1020. The second kappa shape index (κ2) is 6.89. The molecule has 2 aliphatic heterocycles. The lowest BCUT2D eigenvalue weighted by Crippen LogP contribution is -2.44. The van der Waals surface area contributed by atoms with Gasteiger partial charge in [-0.15, -0.1) is 10.2 Å². The Morgan fingerprint density at radius 2 is 1.93 bits per heavy atom. The van der Waals surface area contributed by atoms with Crippen molar-refractivity contribution in [3.05, 3.63) is 53.5 Å². The minimum atomic E-state index is -0.0929. The van der Waals surface area contributed by atoms with E-state index in [1.54, 1.807) is 0 Å². The lowest BCUT2D eigenvalue weighted by atomic mass is 9.92. The van der Waals surface area contributed by atoms with E-state index in [9.17, 15) is 4.79 Å². The number of fused-ring (bicyclic) bond motifs is 2. The lowest BCUT2D eigenvalue weighted by Gasteiger charge is -2.35. The number of hydrogen-bond donors (Lipinski definition) is 0. The van der Waals surface area contributed by atoms with Crippen LogP contribution in [0, 0.1) is 12.8 Å². The van der Waals surface area contributed by atoms with Gasteiger partial charge in [-0.2, -0.15) is 9.61 Å². The Hall–Kier alpha value is -2.96. The molecule has 0 saturated carbocycles. The number of carbonyl (C=O) groups excluding carboxylic acids is 1. The molecule has 2 aromatic heterocycles. The van der Waals surface area contributed by atoms with Crippen LogP contribution in [0.4, 0.5) is 0 Å². The van der Waals surface area contributed by atoms with Crippen LogP contribution in [0.1, 0.15) is 35.8 Å². The molecule has 1 amide bonds. The van der Waals surface area contributed by atoms with Gasteiger partial charge in [0.2, 0.25) is 5.91 Å². The van der Waals surface area contributed by atoms with Crippen LogP contribution >= 0.6 is 0 Å². The summed E-state index contributed by atoms with van der Waals surface area (Å²) < 4.78 is 7.66. The van der Waals surface area contributed by atoms with E-state index in [-0.39, 0.29) is 17.7 Å². The van der Waals surface area contributed by atoms with E-state index in [0.717, 1.165) is 60.8 Å². The summed E-state index contributed by atoms with van der Waals surface area (Å²) in [6.45, 7) is 3.91. The molecule has 0 N–H and O–H groups in total. The van der Waals surface area contributed by atoms with Gasteiger partial charge in [-0.05, 0) is 49.9 Å². The molecular formula is C21H23N5O2. The topological polar surface area (TPSA) is 72.6 Å². The maximum atomic E-state index is 13.0. The number of aromatic nitrogens is 4. The van der Waals surface area contributed by atoms with Crippen molar-refractivity contribution in [2.75, 3.05) is 19.7 Å². The lowest BCUT2D eigenvalue weighted by molar-refractivity contribution is -0.138. The van der Waals surface area contributed by atoms with E-state index in [4.69, 9.17) is 4.74 Å². The van der Waals surface area contributed by atoms with Gasteiger partial charge in [0.05, 0.1) is 11.6 Å². The first kappa shape index (κ1) is 17.2. The molecule has 144 valence electrons. The molecule has 1 aromatic carbocycles. The van der Waals surface area contributed by atoms with E-state index < -0.39 is 0 Å². The SMILES string of the molecule is Cc1ccc2nnc(C3CCN(C(=O)C4COc5ccccc5C4)CC3)n2n1. The number of hydrogen-bond acceptors (Lipinski definition) is 5. The molecule has 1 fully saturated rings. The van der Waals surface area contributed by atoms with Gasteiger partial charge >= 0.3 is 0 Å². The maximum absolute atomic E-state index is 13.0. The van der Waals surface area contributed by atoms with Gasteiger partial charge in [0, 0.05) is 19.0 Å². The van der Waals surface area contributed by atoms with Crippen molar-refractivity contribution in [2.45, 2.75) is 32.1 Å². The molecule has 7 nitrogen and oxygen atoms in total. The Morgan fingerprint density at radius 3 is 2.79 bits per heavy atom. The van der Waals surface area contributed by atoms with Gasteiger partial charge in [0.1, 0.15) is 12.4 Å². The number of rotatable bonds is 2. The molecule has 1 atom stereocenters. The number of nitrogens with zero attached hydrogens (tertiary/aromatic N) is 5. The Balaban J connectivity index is 1.26. The third-order valence-corrected chi connectivity index (χ3v) is 5.82. The van der Waals surface area contributed by atoms with Gasteiger partial charge in [-0.1, -0.05) is 18.2 Å². The first-order valence-corrected chi connectivity index (χ1v) is 9.87. The highest BCUT2D eigenvalue weighted by atomic mass is 16.5. The van der Waals surface area contributed by atoms with Crippen molar-refractivity contribution < 1.29 is 9.53 Å². The quantitative estimate of drug-likeness (QED) is 0.686.